The van der Waals surface area contributed by atoms with E-state index in [0.29, 0.717) is 40.6 Å². The minimum Gasteiger partial charge on any atom is -0.441 e. The number of allylic oxidation sites excluding steroid dienone is 1. The van der Waals surface area contributed by atoms with Crippen LogP contribution in [0.15, 0.2) is 34.4 Å². The summed E-state index contributed by atoms with van der Waals surface area (Å²) in [5.41, 5.74) is 2.10. The summed E-state index contributed by atoms with van der Waals surface area (Å²) in [5.74, 6) is 0.441. The lowest BCUT2D eigenvalue weighted by Crippen LogP contribution is -2.09. The number of hydrogen-bond donors (Lipinski definition) is 3. The molecule has 0 aliphatic heterocycles. The van der Waals surface area contributed by atoms with E-state index in [1.165, 1.54) is 12.1 Å². The minimum atomic E-state index is -0.868. The third-order valence-electron chi connectivity index (χ3n) is 3.63. The van der Waals surface area contributed by atoms with Crippen molar-refractivity contribution in [1.82, 2.24) is 10.3 Å². The Balaban J connectivity index is 2.50. The molecule has 0 saturated heterocycles. The molecular formula is C18H21ClFN3O2. The number of aliphatic hydroxyl groups is 1. The second kappa shape index (κ2) is 8.27. The van der Waals surface area contributed by atoms with Crippen LogP contribution in [0.4, 0.5) is 4.39 Å². The zero-order chi connectivity index (χ0) is 18.6. The van der Waals surface area contributed by atoms with Crippen LogP contribution in [0.25, 0.3) is 11.3 Å². The molecule has 0 aliphatic rings. The van der Waals surface area contributed by atoms with Crippen LogP contribution in [-0.2, 0) is 6.42 Å². The summed E-state index contributed by atoms with van der Waals surface area (Å²) in [6.07, 6.45) is 1.08. The molecule has 5 nitrogen and oxygen atoms in total. The molecule has 1 aromatic heterocycles. The Bertz CT molecular complexity index is 800. The molecule has 25 heavy (non-hydrogen) atoms. The Kier molecular flexibility index (Phi) is 6.33. The van der Waals surface area contributed by atoms with E-state index in [2.05, 4.69) is 10.3 Å². The molecule has 2 rings (SSSR count). The van der Waals surface area contributed by atoms with Gasteiger partial charge < -0.3 is 14.8 Å². The highest BCUT2D eigenvalue weighted by molar-refractivity contribution is 6.68. The van der Waals surface area contributed by atoms with Gasteiger partial charge in [-0.3, -0.25) is 5.41 Å². The van der Waals surface area contributed by atoms with Crippen molar-refractivity contribution < 1.29 is 13.9 Å². The Labute approximate surface area is 151 Å². The Morgan fingerprint density at radius 3 is 2.84 bits per heavy atom. The third kappa shape index (κ3) is 4.67. The highest BCUT2D eigenvalue weighted by Gasteiger charge is 2.20. The topological polar surface area (TPSA) is 82.1 Å². The molecule has 1 unspecified atom stereocenters. The first-order valence-electron chi connectivity index (χ1n) is 7.94. The van der Waals surface area contributed by atoms with Crippen molar-refractivity contribution in [2.24, 2.45) is 0 Å². The number of aryl methyl sites for hydroxylation is 1. The summed E-state index contributed by atoms with van der Waals surface area (Å²) in [5, 5.41) is 20.6. The number of hydrogen-bond acceptors (Lipinski definition) is 5. The second-order valence-electron chi connectivity index (χ2n) is 5.63. The molecule has 7 heteroatoms. The monoisotopic (exact) mass is 365 g/mol. The standard InChI is InChI=1S/C18H21ClFN3O2/c1-4-22-9-12(18(19)21)7-16-17(25-11(3)23-16)14-6-5-13(20)8-15(14)10(2)24/h5-6,8-10,21-22,24H,4,7H2,1-3H3/b12-9-,21-18?. The first-order valence-corrected chi connectivity index (χ1v) is 8.32. The van der Waals surface area contributed by atoms with Gasteiger partial charge in [-0.1, -0.05) is 11.6 Å². The van der Waals surface area contributed by atoms with E-state index in [1.807, 2.05) is 6.92 Å². The summed E-state index contributed by atoms with van der Waals surface area (Å²) in [4.78, 5) is 4.37. The zero-order valence-electron chi connectivity index (χ0n) is 14.4. The Hall–Kier alpha value is -2.18. The number of halogens is 2. The van der Waals surface area contributed by atoms with Gasteiger partial charge in [0.2, 0.25) is 0 Å². The lowest BCUT2D eigenvalue weighted by atomic mass is 9.98. The molecule has 1 atom stereocenters. The van der Waals surface area contributed by atoms with E-state index in [4.69, 9.17) is 21.4 Å². The minimum absolute atomic E-state index is 0.0950. The van der Waals surface area contributed by atoms with Gasteiger partial charge in [-0.25, -0.2) is 9.37 Å². The number of benzene rings is 1. The SMILES string of the molecule is CCN/C=C(/Cc1nc(C)oc1-c1ccc(F)cc1C(C)O)C(=N)Cl. The van der Waals surface area contributed by atoms with Crippen LogP contribution < -0.4 is 5.32 Å². The van der Waals surface area contributed by atoms with Gasteiger partial charge in [0.15, 0.2) is 11.7 Å². The maximum Gasteiger partial charge on any atom is 0.192 e. The highest BCUT2D eigenvalue weighted by atomic mass is 35.5. The van der Waals surface area contributed by atoms with Gasteiger partial charge in [0, 0.05) is 37.2 Å². The molecule has 1 aromatic carbocycles. The van der Waals surface area contributed by atoms with Crippen molar-refractivity contribution >= 4 is 16.8 Å². The molecule has 0 spiro atoms. The van der Waals surface area contributed by atoms with Crippen LogP contribution >= 0.6 is 11.6 Å². The number of aliphatic hydroxyl groups excluding tert-OH is 1. The number of nitrogens with one attached hydrogen (secondary N) is 2. The van der Waals surface area contributed by atoms with Gasteiger partial charge in [0.1, 0.15) is 11.0 Å². The molecule has 0 fully saturated rings. The highest BCUT2D eigenvalue weighted by Crippen LogP contribution is 2.33. The van der Waals surface area contributed by atoms with Gasteiger partial charge in [-0.05, 0) is 37.6 Å². The van der Waals surface area contributed by atoms with Crippen LogP contribution in [0.3, 0.4) is 0 Å². The fraction of sp³-hybridized carbons (Fsp3) is 0.333. The third-order valence-corrected chi connectivity index (χ3v) is 3.88. The fourth-order valence-electron chi connectivity index (χ4n) is 2.48. The Morgan fingerprint density at radius 1 is 1.52 bits per heavy atom. The van der Waals surface area contributed by atoms with Gasteiger partial charge in [0.25, 0.3) is 0 Å². The lowest BCUT2D eigenvalue weighted by Gasteiger charge is -2.12. The summed E-state index contributed by atoms with van der Waals surface area (Å²) in [7, 11) is 0. The molecule has 0 amide bonds. The summed E-state index contributed by atoms with van der Waals surface area (Å²) in [6, 6.07) is 4.14. The molecule has 0 radical (unpaired) electrons. The number of rotatable bonds is 7. The molecule has 0 bridgehead atoms. The summed E-state index contributed by atoms with van der Waals surface area (Å²) >= 11 is 5.86. The van der Waals surface area contributed by atoms with Crippen LogP contribution in [0.1, 0.15) is 37.1 Å². The molecule has 0 aliphatic carbocycles. The van der Waals surface area contributed by atoms with E-state index in [-0.39, 0.29) is 11.6 Å². The van der Waals surface area contributed by atoms with Gasteiger partial charge >= 0.3 is 0 Å². The van der Waals surface area contributed by atoms with Crippen molar-refractivity contribution in [2.45, 2.75) is 33.3 Å². The lowest BCUT2D eigenvalue weighted by molar-refractivity contribution is 0.199. The number of aromatic nitrogens is 1. The van der Waals surface area contributed by atoms with Gasteiger partial charge in [-0.2, -0.15) is 0 Å². The van der Waals surface area contributed by atoms with E-state index in [1.54, 1.807) is 26.1 Å². The molecule has 0 saturated carbocycles. The predicted octanol–water partition coefficient (Wildman–Crippen LogP) is 4.09. The second-order valence-corrected chi connectivity index (χ2v) is 6.01. The predicted molar refractivity (Wildman–Crippen MR) is 96.3 cm³/mol. The van der Waals surface area contributed by atoms with E-state index in [0.717, 1.165) is 0 Å². The summed E-state index contributed by atoms with van der Waals surface area (Å²) < 4.78 is 19.3. The van der Waals surface area contributed by atoms with Crippen molar-refractivity contribution in [3.05, 3.63) is 52.9 Å². The first kappa shape index (κ1) is 19.1. The van der Waals surface area contributed by atoms with Crippen molar-refractivity contribution in [3.63, 3.8) is 0 Å². The van der Waals surface area contributed by atoms with Crippen LogP contribution in [0, 0.1) is 18.2 Å². The smallest absolute Gasteiger partial charge is 0.192 e. The largest absolute Gasteiger partial charge is 0.441 e. The maximum atomic E-state index is 13.6. The van der Waals surface area contributed by atoms with Gasteiger partial charge in [0.05, 0.1) is 11.8 Å². The molecule has 3 N–H and O–H groups in total. The average Bonchev–Trinajstić information content (AvgIpc) is 2.91. The molecule has 2 aromatic rings. The zero-order valence-corrected chi connectivity index (χ0v) is 15.1. The fourth-order valence-corrected chi connectivity index (χ4v) is 2.61. The van der Waals surface area contributed by atoms with Crippen LogP contribution in [0.2, 0.25) is 0 Å². The van der Waals surface area contributed by atoms with Crippen molar-refractivity contribution in [3.8, 4) is 11.3 Å². The average molecular weight is 366 g/mol. The first-order chi connectivity index (χ1) is 11.8. The van der Waals surface area contributed by atoms with Crippen LogP contribution in [-0.4, -0.2) is 21.8 Å². The van der Waals surface area contributed by atoms with Crippen molar-refractivity contribution in [2.75, 3.05) is 6.54 Å². The molecular weight excluding hydrogens is 345 g/mol. The molecule has 134 valence electrons. The van der Waals surface area contributed by atoms with E-state index in [9.17, 15) is 9.50 Å². The molecule has 1 heterocycles. The normalized spacial score (nSPS) is 13.0. The number of oxazole rings is 1. The van der Waals surface area contributed by atoms with E-state index < -0.39 is 11.9 Å². The summed E-state index contributed by atoms with van der Waals surface area (Å²) in [6.45, 7) is 5.90. The Morgan fingerprint density at radius 2 is 2.24 bits per heavy atom. The van der Waals surface area contributed by atoms with Gasteiger partial charge in [-0.15, -0.1) is 0 Å². The quantitative estimate of drug-likeness (QED) is 0.645. The van der Waals surface area contributed by atoms with Crippen molar-refractivity contribution in [1.29, 1.82) is 5.41 Å². The van der Waals surface area contributed by atoms with Crippen LogP contribution in [0.5, 0.6) is 0 Å². The maximum absolute atomic E-state index is 13.6. The number of nitrogens with zero attached hydrogens (tertiary/aromatic N) is 1. The van der Waals surface area contributed by atoms with E-state index >= 15 is 0 Å².